The number of H-pyrrole nitrogens is 1. The lowest BCUT2D eigenvalue weighted by Crippen LogP contribution is -2.12. The molecule has 27 heavy (non-hydrogen) atoms. The number of aliphatic imine (C=N–C) groups is 1. The molecule has 1 aromatic rings. The number of rotatable bonds is 1. The van der Waals surface area contributed by atoms with Crippen LogP contribution < -0.4 is 5.43 Å². The standard InChI is InChI=1S/C24H24N2O/c1-17-14-22(27)23(18(2)26-17)20-9-7-10-21(25-16-20)12-11-19-8-5-6-13-24(3,4)15-19/h5-6,8-10,13-16H,7H2,1-4H3,(H,26,27). The fourth-order valence-corrected chi connectivity index (χ4v) is 3.17. The molecule has 0 unspecified atom stereocenters. The van der Waals surface area contributed by atoms with E-state index in [-0.39, 0.29) is 10.8 Å². The summed E-state index contributed by atoms with van der Waals surface area (Å²) < 4.78 is 0. The Kier molecular flexibility index (Phi) is 5.28. The maximum Gasteiger partial charge on any atom is 0.189 e. The summed E-state index contributed by atoms with van der Waals surface area (Å²) in [6, 6.07) is 1.62. The van der Waals surface area contributed by atoms with Crippen molar-refractivity contribution in [3.05, 3.63) is 87.0 Å². The predicted octanol–water partition coefficient (Wildman–Crippen LogP) is 4.82. The zero-order valence-electron chi connectivity index (χ0n) is 16.3. The molecular weight excluding hydrogens is 332 g/mol. The van der Waals surface area contributed by atoms with Gasteiger partial charge < -0.3 is 4.98 Å². The van der Waals surface area contributed by atoms with Gasteiger partial charge in [0.05, 0.1) is 0 Å². The molecule has 0 radical (unpaired) electrons. The van der Waals surface area contributed by atoms with Crippen molar-refractivity contribution in [1.29, 1.82) is 0 Å². The van der Waals surface area contributed by atoms with Crippen molar-refractivity contribution in [3.63, 3.8) is 0 Å². The second-order valence-corrected chi connectivity index (χ2v) is 7.45. The van der Waals surface area contributed by atoms with E-state index in [1.54, 1.807) is 12.3 Å². The normalized spacial score (nSPS) is 17.9. The zero-order chi connectivity index (χ0) is 19.4. The fraction of sp³-hybridized carbons (Fsp3) is 0.250. The molecule has 0 amide bonds. The molecule has 0 saturated heterocycles. The van der Waals surface area contributed by atoms with Crippen LogP contribution in [0.1, 0.15) is 37.2 Å². The van der Waals surface area contributed by atoms with E-state index in [1.807, 2.05) is 44.2 Å². The minimum absolute atomic E-state index is 0.0134. The number of aryl methyl sites for hydroxylation is 2. The molecule has 0 saturated carbocycles. The quantitative estimate of drug-likeness (QED) is 0.721. The third kappa shape index (κ3) is 4.74. The van der Waals surface area contributed by atoms with Crippen molar-refractivity contribution < 1.29 is 0 Å². The largest absolute Gasteiger partial charge is 0.362 e. The third-order valence-electron chi connectivity index (χ3n) is 4.41. The van der Waals surface area contributed by atoms with Crippen LogP contribution in [0.4, 0.5) is 0 Å². The molecule has 2 aliphatic rings. The molecule has 1 aromatic heterocycles. The van der Waals surface area contributed by atoms with E-state index in [2.05, 4.69) is 47.8 Å². The summed E-state index contributed by atoms with van der Waals surface area (Å²) in [4.78, 5) is 20.1. The Morgan fingerprint density at radius 2 is 1.96 bits per heavy atom. The van der Waals surface area contributed by atoms with E-state index in [4.69, 9.17) is 0 Å². The molecule has 1 N–H and O–H groups in total. The molecule has 0 spiro atoms. The van der Waals surface area contributed by atoms with Gasteiger partial charge in [-0.15, -0.1) is 0 Å². The van der Waals surface area contributed by atoms with Crippen molar-refractivity contribution in [3.8, 4) is 11.8 Å². The van der Waals surface area contributed by atoms with E-state index in [1.165, 1.54) is 0 Å². The van der Waals surface area contributed by atoms with Gasteiger partial charge in [-0.05, 0) is 38.3 Å². The SMILES string of the molecule is Cc1cc(=O)c(C2=CCC=C(C#CC3=CC(C)(C)C=CC=C3)N=C2)c(C)[nH]1. The van der Waals surface area contributed by atoms with Gasteiger partial charge in [-0.25, -0.2) is 4.99 Å². The van der Waals surface area contributed by atoms with Crippen molar-refractivity contribution in [1.82, 2.24) is 4.98 Å². The summed E-state index contributed by atoms with van der Waals surface area (Å²) in [5.41, 5.74) is 4.91. The maximum atomic E-state index is 12.4. The number of hydrogen-bond donors (Lipinski definition) is 1. The second kappa shape index (κ2) is 7.63. The van der Waals surface area contributed by atoms with Crippen LogP contribution in [0.2, 0.25) is 0 Å². The van der Waals surface area contributed by atoms with E-state index < -0.39 is 0 Å². The Morgan fingerprint density at radius 3 is 2.74 bits per heavy atom. The first-order chi connectivity index (χ1) is 12.8. The molecule has 1 aliphatic carbocycles. The average Bonchev–Trinajstić information content (AvgIpc) is 2.90. The number of nitrogens with one attached hydrogen (secondary N) is 1. The smallest absolute Gasteiger partial charge is 0.189 e. The molecule has 3 nitrogen and oxygen atoms in total. The molecule has 2 heterocycles. The number of hydrogen-bond acceptors (Lipinski definition) is 2. The predicted molar refractivity (Wildman–Crippen MR) is 114 cm³/mol. The first-order valence-corrected chi connectivity index (χ1v) is 9.10. The first kappa shape index (κ1) is 18.7. The van der Waals surface area contributed by atoms with Crippen molar-refractivity contribution >= 4 is 11.8 Å². The molecule has 3 heteroatoms. The van der Waals surface area contributed by atoms with Gasteiger partial charge in [0.2, 0.25) is 0 Å². The fourth-order valence-electron chi connectivity index (χ4n) is 3.17. The molecule has 0 fully saturated rings. The van der Waals surface area contributed by atoms with Crippen LogP contribution >= 0.6 is 0 Å². The molecule has 0 aromatic carbocycles. The molecule has 0 atom stereocenters. The van der Waals surface area contributed by atoms with Crippen LogP contribution in [0.15, 0.2) is 69.7 Å². The number of nitrogens with zero attached hydrogens (tertiary/aromatic N) is 1. The van der Waals surface area contributed by atoms with Gasteiger partial charge in [0.25, 0.3) is 0 Å². The number of allylic oxidation sites excluding steroid dienone is 10. The number of pyridine rings is 1. The highest BCUT2D eigenvalue weighted by Crippen LogP contribution is 2.24. The summed E-state index contributed by atoms with van der Waals surface area (Å²) >= 11 is 0. The molecule has 136 valence electrons. The number of aromatic nitrogens is 1. The Labute approximate surface area is 160 Å². The lowest BCUT2D eigenvalue weighted by molar-refractivity contribution is 0.625. The topological polar surface area (TPSA) is 45.2 Å². The van der Waals surface area contributed by atoms with Crippen LogP contribution in [-0.2, 0) is 0 Å². The minimum Gasteiger partial charge on any atom is -0.362 e. The van der Waals surface area contributed by atoms with Crippen LogP contribution in [0.25, 0.3) is 5.57 Å². The van der Waals surface area contributed by atoms with E-state index in [9.17, 15) is 4.79 Å². The molecular formula is C24H24N2O. The Balaban J connectivity index is 1.84. The molecule has 3 rings (SSSR count). The monoisotopic (exact) mass is 356 g/mol. The van der Waals surface area contributed by atoms with Gasteiger partial charge >= 0.3 is 0 Å². The Morgan fingerprint density at radius 1 is 1.15 bits per heavy atom. The number of aromatic amines is 1. The summed E-state index contributed by atoms with van der Waals surface area (Å²) in [6.45, 7) is 8.10. The van der Waals surface area contributed by atoms with E-state index >= 15 is 0 Å². The highest BCUT2D eigenvalue weighted by molar-refractivity contribution is 6.10. The van der Waals surface area contributed by atoms with Gasteiger partial charge in [-0.2, -0.15) is 0 Å². The minimum atomic E-state index is -0.0205. The van der Waals surface area contributed by atoms with Crippen molar-refractivity contribution in [2.24, 2.45) is 10.4 Å². The van der Waals surface area contributed by atoms with Crippen LogP contribution in [0, 0.1) is 31.1 Å². The van der Waals surface area contributed by atoms with Gasteiger partial charge in [0.15, 0.2) is 5.43 Å². The zero-order valence-corrected chi connectivity index (χ0v) is 16.3. The second-order valence-electron chi connectivity index (χ2n) is 7.45. The van der Waals surface area contributed by atoms with Gasteiger partial charge in [0, 0.05) is 45.8 Å². The van der Waals surface area contributed by atoms with Crippen LogP contribution in [0.5, 0.6) is 0 Å². The lowest BCUT2D eigenvalue weighted by atomic mass is 9.91. The highest BCUT2D eigenvalue weighted by atomic mass is 16.1. The summed E-state index contributed by atoms with van der Waals surface area (Å²) in [6.07, 6.45) is 16.8. The van der Waals surface area contributed by atoms with Crippen molar-refractivity contribution in [2.45, 2.75) is 34.1 Å². The summed E-state index contributed by atoms with van der Waals surface area (Å²) in [5.74, 6) is 6.36. The first-order valence-electron chi connectivity index (χ1n) is 9.10. The highest BCUT2D eigenvalue weighted by Gasteiger charge is 2.12. The molecule has 0 bridgehead atoms. The lowest BCUT2D eigenvalue weighted by Gasteiger charge is -2.13. The summed E-state index contributed by atoms with van der Waals surface area (Å²) in [7, 11) is 0. The van der Waals surface area contributed by atoms with Crippen LogP contribution in [-0.4, -0.2) is 11.2 Å². The van der Waals surface area contributed by atoms with Gasteiger partial charge in [-0.3, -0.25) is 4.79 Å². The van der Waals surface area contributed by atoms with Gasteiger partial charge in [-0.1, -0.05) is 50.1 Å². The van der Waals surface area contributed by atoms with Crippen LogP contribution in [0.3, 0.4) is 0 Å². The maximum absolute atomic E-state index is 12.4. The average molecular weight is 356 g/mol. The van der Waals surface area contributed by atoms with Crippen molar-refractivity contribution in [2.75, 3.05) is 0 Å². The third-order valence-corrected chi connectivity index (χ3v) is 4.41. The Bertz CT molecular complexity index is 1060. The van der Waals surface area contributed by atoms with E-state index in [0.717, 1.165) is 22.5 Å². The molecule has 1 aliphatic heterocycles. The van der Waals surface area contributed by atoms with Gasteiger partial charge in [0.1, 0.15) is 5.70 Å². The Hall–Kier alpha value is -3.12. The van der Waals surface area contributed by atoms with E-state index in [0.29, 0.717) is 17.7 Å². The summed E-state index contributed by atoms with van der Waals surface area (Å²) in [5, 5.41) is 0.